The summed E-state index contributed by atoms with van der Waals surface area (Å²) >= 11 is 5.88. The highest BCUT2D eigenvalue weighted by Gasteiger charge is 2.29. The number of hydrogen-bond donors (Lipinski definition) is 0. The Morgan fingerprint density at radius 3 is 1.07 bits per heavy atom. The SMILES string of the molecule is Cc1ccc(N2CC(N3CCCCC3)=CC2=O)cc1.O=C1C=C(N2CCCCC2)CN1c1ccc(Cl)cc1.O=C1C=C(N2CCCCC2)CN1c1ccc(F)cc1. The fraction of sp³-hybridized carbons (Fsp3) is 0.413. The van der Waals surface area contributed by atoms with Crippen LogP contribution < -0.4 is 14.7 Å². The summed E-state index contributed by atoms with van der Waals surface area (Å²) in [4.78, 5) is 48.7. The molecule has 9 rings (SSSR count). The monoisotopic (exact) mass is 792 g/mol. The van der Waals surface area contributed by atoms with Crippen LogP contribution in [0.5, 0.6) is 0 Å². The second-order valence-corrected chi connectivity index (χ2v) is 16.0. The fourth-order valence-corrected chi connectivity index (χ4v) is 8.38. The molecule has 300 valence electrons. The molecule has 57 heavy (non-hydrogen) atoms. The van der Waals surface area contributed by atoms with Crippen molar-refractivity contribution in [1.82, 2.24) is 14.7 Å². The third kappa shape index (κ3) is 10.3. The number of rotatable bonds is 6. The summed E-state index contributed by atoms with van der Waals surface area (Å²) in [5.74, 6) is -0.0980. The van der Waals surface area contributed by atoms with Crippen LogP contribution in [0.25, 0.3) is 0 Å². The van der Waals surface area contributed by atoms with Gasteiger partial charge in [0.25, 0.3) is 17.7 Å². The summed E-state index contributed by atoms with van der Waals surface area (Å²) in [6.45, 7) is 10.5. The maximum atomic E-state index is 12.9. The van der Waals surface area contributed by atoms with Gasteiger partial charge in [-0.3, -0.25) is 14.4 Å². The number of likely N-dealkylation sites (tertiary alicyclic amines) is 3. The van der Waals surface area contributed by atoms with Crippen molar-refractivity contribution in [2.45, 2.75) is 64.7 Å². The van der Waals surface area contributed by atoms with Gasteiger partial charge in [0.2, 0.25) is 0 Å². The Morgan fingerprint density at radius 2 is 0.737 bits per heavy atom. The number of carbonyl (C=O) groups is 3. The predicted molar refractivity (Wildman–Crippen MR) is 227 cm³/mol. The van der Waals surface area contributed by atoms with E-state index in [2.05, 4.69) is 33.8 Å². The number of carbonyl (C=O) groups excluding carboxylic acids is 3. The molecule has 0 spiro atoms. The molecular weight excluding hydrogens is 739 g/mol. The fourth-order valence-electron chi connectivity index (χ4n) is 8.26. The average molecular weight is 793 g/mol. The standard InChI is InChI=1S/C16H20N2O.C15H17ClN2O.C15H17FN2O/c1-13-5-7-14(8-6-13)18-12-15(11-16(18)19)17-9-3-2-4-10-17;2*16-12-4-6-13(7-5-12)18-11-14(10-15(18)19)17-8-2-1-3-9-17/h5-8,11H,2-4,9-10,12H2,1H3;2*4-7,10H,1-3,8-9,11H2. The first-order valence-electron chi connectivity index (χ1n) is 20.6. The number of anilines is 3. The van der Waals surface area contributed by atoms with E-state index in [4.69, 9.17) is 11.6 Å². The molecule has 0 N–H and O–H groups in total. The van der Waals surface area contributed by atoms with Gasteiger partial charge in [0.1, 0.15) is 5.82 Å². The second-order valence-electron chi connectivity index (χ2n) is 15.6. The molecule has 3 aromatic carbocycles. The maximum absolute atomic E-state index is 12.9. The molecule has 3 fully saturated rings. The molecule has 0 unspecified atom stereocenters. The zero-order valence-electron chi connectivity index (χ0n) is 33.1. The number of hydrogen-bond acceptors (Lipinski definition) is 6. The first kappa shape index (κ1) is 40.1. The van der Waals surface area contributed by atoms with Crippen LogP contribution in [0.15, 0.2) is 108 Å². The molecule has 3 saturated heterocycles. The zero-order chi connectivity index (χ0) is 39.7. The first-order valence-corrected chi connectivity index (χ1v) is 21.0. The summed E-state index contributed by atoms with van der Waals surface area (Å²) in [7, 11) is 0. The van der Waals surface area contributed by atoms with Gasteiger partial charge in [0.15, 0.2) is 0 Å². The predicted octanol–water partition coefficient (Wildman–Crippen LogP) is 8.31. The first-order chi connectivity index (χ1) is 27.7. The van der Waals surface area contributed by atoms with Crippen LogP contribution in [0.1, 0.15) is 63.4 Å². The van der Waals surface area contributed by atoms with E-state index in [0.29, 0.717) is 18.1 Å². The Balaban J connectivity index is 0.000000131. The van der Waals surface area contributed by atoms with Crippen LogP contribution in [0, 0.1) is 12.7 Å². The van der Waals surface area contributed by atoms with Crippen LogP contribution in [0.2, 0.25) is 5.02 Å². The lowest BCUT2D eigenvalue weighted by molar-refractivity contribution is -0.114. The molecule has 3 amide bonds. The summed E-state index contributed by atoms with van der Waals surface area (Å²) < 4.78 is 12.9. The summed E-state index contributed by atoms with van der Waals surface area (Å²) in [6, 6.07) is 21.7. The summed E-state index contributed by atoms with van der Waals surface area (Å²) in [6.07, 6.45) is 16.5. The number of amides is 3. The highest BCUT2D eigenvalue weighted by atomic mass is 35.5. The van der Waals surface area contributed by atoms with Crippen molar-refractivity contribution in [2.24, 2.45) is 0 Å². The molecule has 0 saturated carbocycles. The molecular formula is C46H54ClFN6O3. The van der Waals surface area contributed by atoms with Gasteiger partial charge in [-0.05, 0) is 125 Å². The lowest BCUT2D eigenvalue weighted by atomic mass is 10.1. The van der Waals surface area contributed by atoms with Crippen LogP contribution in [-0.4, -0.2) is 91.3 Å². The molecule has 3 aromatic rings. The molecule has 0 aliphatic carbocycles. The van der Waals surface area contributed by atoms with E-state index >= 15 is 0 Å². The van der Waals surface area contributed by atoms with Gasteiger partial charge in [0.05, 0.1) is 19.6 Å². The van der Waals surface area contributed by atoms with E-state index in [9.17, 15) is 18.8 Å². The van der Waals surface area contributed by atoms with Gasteiger partial charge in [-0.2, -0.15) is 0 Å². The van der Waals surface area contributed by atoms with Crippen molar-refractivity contribution in [1.29, 1.82) is 0 Å². The van der Waals surface area contributed by atoms with Crippen molar-refractivity contribution in [3.8, 4) is 0 Å². The Hall–Kier alpha value is -5.09. The van der Waals surface area contributed by atoms with Crippen LogP contribution in [0.4, 0.5) is 21.5 Å². The molecule has 6 heterocycles. The van der Waals surface area contributed by atoms with Crippen LogP contribution in [-0.2, 0) is 14.4 Å². The maximum Gasteiger partial charge on any atom is 0.253 e. The van der Waals surface area contributed by atoms with Crippen LogP contribution >= 0.6 is 11.6 Å². The number of benzene rings is 3. The third-order valence-corrected chi connectivity index (χ3v) is 11.8. The van der Waals surface area contributed by atoms with E-state index in [1.165, 1.54) is 81.2 Å². The van der Waals surface area contributed by atoms with E-state index < -0.39 is 0 Å². The minimum absolute atomic E-state index is 0.00724. The highest BCUT2D eigenvalue weighted by Crippen LogP contribution is 2.28. The minimum Gasteiger partial charge on any atom is -0.373 e. The van der Waals surface area contributed by atoms with Gasteiger partial charge in [-0.25, -0.2) is 4.39 Å². The zero-order valence-corrected chi connectivity index (χ0v) is 33.8. The average Bonchev–Trinajstić information content (AvgIpc) is 3.96. The van der Waals surface area contributed by atoms with Gasteiger partial charge in [-0.15, -0.1) is 0 Å². The van der Waals surface area contributed by atoms with Gasteiger partial charge >= 0.3 is 0 Å². The Bertz CT molecular complexity index is 1730. The lowest BCUT2D eigenvalue weighted by Gasteiger charge is -2.30. The molecule has 9 nitrogen and oxygen atoms in total. The summed E-state index contributed by atoms with van der Waals surface area (Å²) in [5.41, 5.74) is 7.32. The molecule has 6 aliphatic rings. The Kier molecular flexibility index (Phi) is 13.3. The number of piperidine rings is 3. The topological polar surface area (TPSA) is 70.7 Å². The Labute approximate surface area is 341 Å². The second kappa shape index (κ2) is 18.9. The highest BCUT2D eigenvalue weighted by molar-refractivity contribution is 6.30. The lowest BCUT2D eigenvalue weighted by Crippen LogP contribution is -2.32. The van der Waals surface area contributed by atoms with E-state index in [1.807, 2.05) is 47.4 Å². The van der Waals surface area contributed by atoms with Crippen molar-refractivity contribution in [3.63, 3.8) is 0 Å². The van der Waals surface area contributed by atoms with E-state index in [0.717, 1.165) is 74.3 Å². The molecule has 0 bridgehead atoms. The van der Waals surface area contributed by atoms with Crippen molar-refractivity contribution in [2.75, 3.05) is 73.6 Å². The Morgan fingerprint density at radius 1 is 0.439 bits per heavy atom. The minimum atomic E-state index is -0.278. The largest absolute Gasteiger partial charge is 0.373 e. The van der Waals surface area contributed by atoms with Gasteiger partial charge < -0.3 is 29.4 Å². The molecule has 0 aromatic heterocycles. The molecule has 6 aliphatic heterocycles. The number of aryl methyl sites for hydroxylation is 1. The van der Waals surface area contributed by atoms with E-state index in [-0.39, 0.29) is 23.5 Å². The van der Waals surface area contributed by atoms with Crippen molar-refractivity contribution in [3.05, 3.63) is 125 Å². The van der Waals surface area contributed by atoms with Crippen molar-refractivity contribution >= 4 is 46.4 Å². The van der Waals surface area contributed by atoms with E-state index in [1.54, 1.807) is 34.1 Å². The number of halogens is 2. The number of nitrogens with zero attached hydrogens (tertiary/aromatic N) is 6. The molecule has 0 radical (unpaired) electrons. The normalized spacial score (nSPS) is 19.8. The van der Waals surface area contributed by atoms with Gasteiger partial charge in [-0.1, -0.05) is 29.3 Å². The molecule has 0 atom stereocenters. The quantitative estimate of drug-likeness (QED) is 0.250. The van der Waals surface area contributed by atoms with Gasteiger partial charge in [0, 0.05) is 96.7 Å². The molecule has 11 heteroatoms. The van der Waals surface area contributed by atoms with Crippen molar-refractivity contribution < 1.29 is 18.8 Å². The summed E-state index contributed by atoms with van der Waals surface area (Å²) in [5, 5.41) is 0.694. The smallest absolute Gasteiger partial charge is 0.253 e. The van der Waals surface area contributed by atoms with Crippen LogP contribution in [0.3, 0.4) is 0 Å². The third-order valence-electron chi connectivity index (χ3n) is 11.5.